The van der Waals surface area contributed by atoms with Gasteiger partial charge in [0.1, 0.15) is 11.6 Å². The SMILES string of the molecule is CCc1nc2ccc(Br)cc2c(=O)n1N=Cc1cccc(OCC(N)=O)c1. The number of carbonyl (C=O) groups is 1. The third kappa shape index (κ3) is 4.40. The number of aromatic nitrogens is 2. The zero-order chi connectivity index (χ0) is 19.4. The third-order valence-electron chi connectivity index (χ3n) is 3.75. The molecule has 0 fully saturated rings. The molecule has 0 unspecified atom stereocenters. The number of halogens is 1. The quantitative estimate of drug-likeness (QED) is 0.609. The van der Waals surface area contributed by atoms with E-state index >= 15 is 0 Å². The molecule has 7 nitrogen and oxygen atoms in total. The van der Waals surface area contributed by atoms with Gasteiger partial charge in [0.2, 0.25) is 0 Å². The van der Waals surface area contributed by atoms with Gasteiger partial charge in [0.15, 0.2) is 6.61 Å². The lowest BCUT2D eigenvalue weighted by atomic mass is 10.2. The number of nitrogens with zero attached hydrogens (tertiary/aromatic N) is 3. The molecule has 1 heterocycles. The second kappa shape index (κ2) is 8.13. The molecule has 8 heteroatoms. The van der Waals surface area contributed by atoms with E-state index in [0.29, 0.717) is 34.5 Å². The maximum Gasteiger partial charge on any atom is 0.282 e. The Balaban J connectivity index is 1.98. The molecule has 3 rings (SSSR count). The highest BCUT2D eigenvalue weighted by atomic mass is 79.9. The minimum Gasteiger partial charge on any atom is -0.484 e. The van der Waals surface area contributed by atoms with Gasteiger partial charge >= 0.3 is 0 Å². The molecule has 2 aromatic carbocycles. The number of nitrogens with two attached hydrogens (primary N) is 1. The Hall–Kier alpha value is -3.00. The van der Waals surface area contributed by atoms with Gasteiger partial charge in [0.25, 0.3) is 11.5 Å². The average Bonchev–Trinajstić information content (AvgIpc) is 2.66. The summed E-state index contributed by atoms with van der Waals surface area (Å²) in [5.41, 5.74) is 6.18. The molecule has 0 radical (unpaired) electrons. The van der Waals surface area contributed by atoms with E-state index in [9.17, 15) is 9.59 Å². The summed E-state index contributed by atoms with van der Waals surface area (Å²) in [6.45, 7) is 1.71. The number of ether oxygens (including phenoxy) is 1. The number of rotatable bonds is 6. The number of hydrogen-bond donors (Lipinski definition) is 1. The molecular formula is C19H17BrN4O3. The molecule has 1 aromatic heterocycles. The normalized spacial score (nSPS) is 11.2. The zero-order valence-corrected chi connectivity index (χ0v) is 16.1. The fraction of sp³-hybridized carbons (Fsp3) is 0.158. The molecule has 3 aromatic rings. The fourth-order valence-electron chi connectivity index (χ4n) is 2.51. The lowest BCUT2D eigenvalue weighted by molar-refractivity contribution is -0.119. The molecule has 2 N–H and O–H groups in total. The minimum atomic E-state index is -0.554. The van der Waals surface area contributed by atoms with Crippen LogP contribution in [0.4, 0.5) is 0 Å². The van der Waals surface area contributed by atoms with Crippen molar-refractivity contribution in [2.45, 2.75) is 13.3 Å². The molecule has 1 amide bonds. The van der Waals surface area contributed by atoms with Gasteiger partial charge in [-0.25, -0.2) is 4.98 Å². The van der Waals surface area contributed by atoms with Gasteiger partial charge in [0.05, 0.1) is 17.1 Å². The first kappa shape index (κ1) is 18.8. The zero-order valence-electron chi connectivity index (χ0n) is 14.6. The first-order valence-electron chi connectivity index (χ1n) is 8.24. The summed E-state index contributed by atoms with van der Waals surface area (Å²) in [5, 5.41) is 4.80. The summed E-state index contributed by atoms with van der Waals surface area (Å²) in [7, 11) is 0. The van der Waals surface area contributed by atoms with Crippen LogP contribution in [0.1, 0.15) is 18.3 Å². The molecular weight excluding hydrogens is 412 g/mol. The number of benzene rings is 2. The van der Waals surface area contributed by atoms with Crippen molar-refractivity contribution < 1.29 is 9.53 Å². The highest BCUT2D eigenvalue weighted by molar-refractivity contribution is 9.10. The summed E-state index contributed by atoms with van der Waals surface area (Å²) < 4.78 is 7.37. The van der Waals surface area contributed by atoms with E-state index in [2.05, 4.69) is 26.0 Å². The largest absolute Gasteiger partial charge is 0.484 e. The number of primary amides is 1. The van der Waals surface area contributed by atoms with Crippen molar-refractivity contribution in [3.05, 3.63) is 68.7 Å². The van der Waals surface area contributed by atoms with Crippen LogP contribution in [-0.2, 0) is 11.2 Å². The fourth-order valence-corrected chi connectivity index (χ4v) is 2.87. The summed E-state index contributed by atoms with van der Waals surface area (Å²) in [6, 6.07) is 12.4. The number of fused-ring (bicyclic) bond motifs is 1. The predicted molar refractivity (Wildman–Crippen MR) is 107 cm³/mol. The van der Waals surface area contributed by atoms with E-state index in [1.54, 1.807) is 36.5 Å². The third-order valence-corrected chi connectivity index (χ3v) is 4.25. The number of amides is 1. The van der Waals surface area contributed by atoms with Gasteiger partial charge in [-0.3, -0.25) is 9.59 Å². The predicted octanol–water partition coefficient (Wildman–Crippen LogP) is 2.47. The Morgan fingerprint density at radius 2 is 2.15 bits per heavy atom. The van der Waals surface area contributed by atoms with Gasteiger partial charge in [0, 0.05) is 10.9 Å². The van der Waals surface area contributed by atoms with E-state index in [0.717, 1.165) is 4.47 Å². The molecule has 0 aliphatic carbocycles. The number of hydrogen-bond acceptors (Lipinski definition) is 5. The lowest BCUT2D eigenvalue weighted by Gasteiger charge is -2.08. The highest BCUT2D eigenvalue weighted by Gasteiger charge is 2.09. The Bertz CT molecular complexity index is 1090. The standard InChI is InChI=1S/C19H17BrN4O3/c1-2-18-23-16-7-6-13(20)9-15(16)19(26)24(18)22-10-12-4-3-5-14(8-12)27-11-17(21)25/h3-10H,2,11H2,1H3,(H2,21,25). The van der Waals surface area contributed by atoms with Crippen molar-refractivity contribution in [3.63, 3.8) is 0 Å². The Morgan fingerprint density at radius 1 is 1.33 bits per heavy atom. The van der Waals surface area contributed by atoms with Crippen LogP contribution in [0.3, 0.4) is 0 Å². The first-order chi connectivity index (χ1) is 13.0. The smallest absolute Gasteiger partial charge is 0.282 e. The van der Waals surface area contributed by atoms with Crippen LogP contribution in [0.25, 0.3) is 10.9 Å². The molecule has 0 bridgehead atoms. The molecule has 0 atom stereocenters. The monoisotopic (exact) mass is 428 g/mol. The molecule has 138 valence electrons. The van der Waals surface area contributed by atoms with Crippen molar-refractivity contribution in [2.75, 3.05) is 6.61 Å². The summed E-state index contributed by atoms with van der Waals surface area (Å²) in [5.74, 6) is 0.496. The summed E-state index contributed by atoms with van der Waals surface area (Å²) in [6.07, 6.45) is 2.10. The Morgan fingerprint density at radius 3 is 2.89 bits per heavy atom. The van der Waals surface area contributed by atoms with Gasteiger partial charge < -0.3 is 10.5 Å². The average molecular weight is 429 g/mol. The van der Waals surface area contributed by atoms with Crippen LogP contribution >= 0.6 is 15.9 Å². The van der Waals surface area contributed by atoms with Crippen LogP contribution < -0.4 is 16.0 Å². The number of carbonyl (C=O) groups excluding carboxylic acids is 1. The van der Waals surface area contributed by atoms with Gasteiger partial charge in [-0.1, -0.05) is 35.0 Å². The van der Waals surface area contributed by atoms with Crippen LogP contribution in [0, 0.1) is 0 Å². The van der Waals surface area contributed by atoms with E-state index in [-0.39, 0.29) is 12.2 Å². The van der Waals surface area contributed by atoms with Crippen LogP contribution in [0.15, 0.2) is 56.8 Å². The van der Waals surface area contributed by atoms with E-state index < -0.39 is 5.91 Å². The Labute approximate surface area is 163 Å². The molecule has 0 spiro atoms. The maximum absolute atomic E-state index is 12.8. The van der Waals surface area contributed by atoms with Crippen LogP contribution in [0.5, 0.6) is 5.75 Å². The highest BCUT2D eigenvalue weighted by Crippen LogP contribution is 2.16. The molecule has 0 aliphatic rings. The van der Waals surface area contributed by atoms with E-state index in [1.165, 1.54) is 4.68 Å². The van der Waals surface area contributed by atoms with Crippen molar-refractivity contribution in [1.82, 2.24) is 9.66 Å². The second-order valence-electron chi connectivity index (χ2n) is 5.73. The van der Waals surface area contributed by atoms with Crippen molar-refractivity contribution in [3.8, 4) is 5.75 Å². The maximum atomic E-state index is 12.8. The summed E-state index contributed by atoms with van der Waals surface area (Å²) >= 11 is 3.37. The molecule has 0 aliphatic heterocycles. The Kier molecular flexibility index (Phi) is 5.66. The van der Waals surface area contributed by atoms with Crippen LogP contribution in [0.2, 0.25) is 0 Å². The number of aryl methyl sites for hydroxylation is 1. The van der Waals surface area contributed by atoms with Gasteiger partial charge in [-0.2, -0.15) is 9.78 Å². The minimum absolute atomic E-state index is 0.205. The summed E-state index contributed by atoms with van der Waals surface area (Å²) in [4.78, 5) is 28.2. The molecule has 27 heavy (non-hydrogen) atoms. The van der Waals surface area contributed by atoms with Crippen molar-refractivity contribution in [2.24, 2.45) is 10.8 Å². The molecule has 0 saturated carbocycles. The topological polar surface area (TPSA) is 99.6 Å². The van der Waals surface area contributed by atoms with Gasteiger partial charge in [-0.15, -0.1) is 0 Å². The second-order valence-corrected chi connectivity index (χ2v) is 6.65. The van der Waals surface area contributed by atoms with Crippen molar-refractivity contribution in [1.29, 1.82) is 0 Å². The van der Waals surface area contributed by atoms with Gasteiger partial charge in [-0.05, 0) is 35.9 Å². The lowest BCUT2D eigenvalue weighted by Crippen LogP contribution is -2.22. The van der Waals surface area contributed by atoms with Crippen LogP contribution in [-0.4, -0.2) is 28.4 Å². The molecule has 0 saturated heterocycles. The van der Waals surface area contributed by atoms with E-state index in [1.807, 2.05) is 19.1 Å². The van der Waals surface area contributed by atoms with Crippen molar-refractivity contribution >= 4 is 39.0 Å². The van der Waals surface area contributed by atoms with E-state index in [4.69, 9.17) is 10.5 Å². The first-order valence-corrected chi connectivity index (χ1v) is 9.04.